The van der Waals surface area contributed by atoms with Gasteiger partial charge in [0.25, 0.3) is 0 Å². The molecule has 0 fully saturated rings. The molecule has 20 heavy (non-hydrogen) atoms. The zero-order chi connectivity index (χ0) is 14.2. The van der Waals surface area contributed by atoms with Crippen LogP contribution in [0.25, 0.3) is 0 Å². The molecule has 106 valence electrons. The molecule has 0 saturated heterocycles. The normalized spacial score (nSPS) is 10.3. The summed E-state index contributed by atoms with van der Waals surface area (Å²) in [6.45, 7) is 3.70. The monoisotopic (exact) mass is 291 g/mol. The van der Waals surface area contributed by atoms with E-state index in [0.717, 1.165) is 36.8 Å². The molecule has 0 aliphatic carbocycles. The number of anilines is 2. The molecular formula is C14H18ClN5. The maximum absolute atomic E-state index is 5.95. The van der Waals surface area contributed by atoms with Crippen molar-refractivity contribution in [1.29, 1.82) is 0 Å². The molecule has 0 amide bonds. The van der Waals surface area contributed by atoms with Crippen molar-refractivity contribution < 1.29 is 0 Å². The zero-order valence-corrected chi connectivity index (χ0v) is 12.2. The summed E-state index contributed by atoms with van der Waals surface area (Å²) >= 11 is 5.95. The van der Waals surface area contributed by atoms with Crippen LogP contribution in [0.4, 0.5) is 11.8 Å². The third kappa shape index (κ3) is 4.66. The second-order valence-electron chi connectivity index (χ2n) is 4.40. The van der Waals surface area contributed by atoms with Crippen LogP contribution < -0.4 is 10.6 Å². The van der Waals surface area contributed by atoms with E-state index in [4.69, 9.17) is 11.6 Å². The van der Waals surface area contributed by atoms with Crippen molar-refractivity contribution in [2.45, 2.75) is 19.8 Å². The standard InChI is InChI=1S/C14H18ClN5/c1-2-7-17-14-19-13(10-18-20-14)16-8-6-11-4-3-5-12(15)9-11/h3-5,9-10H,2,6-8H2,1H3,(H2,16,17,19,20). The average molecular weight is 292 g/mol. The summed E-state index contributed by atoms with van der Waals surface area (Å²) in [5.41, 5.74) is 1.19. The Labute approximate surface area is 123 Å². The van der Waals surface area contributed by atoms with Gasteiger partial charge in [-0.3, -0.25) is 0 Å². The largest absolute Gasteiger partial charge is 0.368 e. The number of nitrogens with one attached hydrogen (secondary N) is 2. The SMILES string of the molecule is CCCNc1nncc(NCCc2cccc(Cl)c2)n1. The molecule has 6 heteroatoms. The number of nitrogens with zero attached hydrogens (tertiary/aromatic N) is 3. The number of halogens is 1. The first-order valence-electron chi connectivity index (χ1n) is 6.70. The Morgan fingerprint density at radius 2 is 2.10 bits per heavy atom. The quantitative estimate of drug-likeness (QED) is 0.821. The van der Waals surface area contributed by atoms with E-state index in [9.17, 15) is 0 Å². The van der Waals surface area contributed by atoms with Crippen LogP contribution in [-0.2, 0) is 6.42 Å². The van der Waals surface area contributed by atoms with Crippen molar-refractivity contribution in [2.24, 2.45) is 0 Å². The van der Waals surface area contributed by atoms with E-state index in [2.05, 4.69) is 38.8 Å². The van der Waals surface area contributed by atoms with Crippen LogP contribution in [0.3, 0.4) is 0 Å². The van der Waals surface area contributed by atoms with Crippen molar-refractivity contribution in [3.05, 3.63) is 41.0 Å². The molecular weight excluding hydrogens is 274 g/mol. The highest BCUT2D eigenvalue weighted by Crippen LogP contribution is 2.11. The summed E-state index contributed by atoms with van der Waals surface area (Å²) in [7, 11) is 0. The van der Waals surface area contributed by atoms with Gasteiger partial charge in [0.15, 0.2) is 5.82 Å². The van der Waals surface area contributed by atoms with Gasteiger partial charge in [-0.1, -0.05) is 30.7 Å². The van der Waals surface area contributed by atoms with Crippen LogP contribution in [-0.4, -0.2) is 28.3 Å². The Morgan fingerprint density at radius 1 is 1.20 bits per heavy atom. The van der Waals surface area contributed by atoms with Crippen LogP contribution in [0, 0.1) is 0 Å². The van der Waals surface area contributed by atoms with Crippen molar-refractivity contribution in [3.8, 4) is 0 Å². The summed E-state index contributed by atoms with van der Waals surface area (Å²) in [5.74, 6) is 1.28. The topological polar surface area (TPSA) is 62.7 Å². The Kier molecular flexibility index (Phi) is 5.55. The molecule has 2 rings (SSSR count). The third-order valence-corrected chi connectivity index (χ3v) is 2.94. The van der Waals surface area contributed by atoms with E-state index >= 15 is 0 Å². The Bertz CT molecular complexity index is 547. The van der Waals surface area contributed by atoms with Gasteiger partial charge in [-0.2, -0.15) is 10.1 Å². The fourth-order valence-corrected chi connectivity index (χ4v) is 1.94. The highest BCUT2D eigenvalue weighted by molar-refractivity contribution is 6.30. The van der Waals surface area contributed by atoms with Gasteiger partial charge in [0.2, 0.25) is 5.95 Å². The fourth-order valence-electron chi connectivity index (χ4n) is 1.73. The lowest BCUT2D eigenvalue weighted by Crippen LogP contribution is -2.10. The first-order chi connectivity index (χ1) is 9.78. The summed E-state index contributed by atoms with van der Waals surface area (Å²) in [5, 5.41) is 14.9. The van der Waals surface area contributed by atoms with Crippen LogP contribution in [0.15, 0.2) is 30.5 Å². The average Bonchev–Trinajstić information content (AvgIpc) is 2.46. The summed E-state index contributed by atoms with van der Waals surface area (Å²) in [6.07, 6.45) is 3.52. The molecule has 1 aromatic carbocycles. The Morgan fingerprint density at radius 3 is 2.90 bits per heavy atom. The maximum Gasteiger partial charge on any atom is 0.244 e. The second kappa shape index (κ2) is 7.65. The minimum atomic E-state index is 0.555. The second-order valence-corrected chi connectivity index (χ2v) is 4.84. The lowest BCUT2D eigenvalue weighted by molar-refractivity contribution is 0.904. The number of aromatic nitrogens is 3. The lowest BCUT2D eigenvalue weighted by atomic mass is 10.1. The number of hydrogen-bond donors (Lipinski definition) is 2. The molecule has 0 radical (unpaired) electrons. The number of benzene rings is 1. The van der Waals surface area contributed by atoms with E-state index in [1.807, 2.05) is 18.2 Å². The van der Waals surface area contributed by atoms with Gasteiger partial charge >= 0.3 is 0 Å². The Balaban J connectivity index is 1.84. The van der Waals surface area contributed by atoms with Crippen molar-refractivity contribution in [1.82, 2.24) is 15.2 Å². The minimum absolute atomic E-state index is 0.555. The van der Waals surface area contributed by atoms with Crippen LogP contribution in [0.5, 0.6) is 0 Å². The molecule has 0 aliphatic heterocycles. The van der Waals surface area contributed by atoms with Crippen molar-refractivity contribution in [2.75, 3.05) is 23.7 Å². The van der Waals surface area contributed by atoms with Gasteiger partial charge in [-0.05, 0) is 30.5 Å². The molecule has 0 atom stereocenters. The minimum Gasteiger partial charge on any atom is -0.368 e. The van der Waals surface area contributed by atoms with Gasteiger partial charge < -0.3 is 10.6 Å². The first-order valence-corrected chi connectivity index (χ1v) is 7.07. The molecule has 0 saturated carbocycles. The summed E-state index contributed by atoms with van der Waals surface area (Å²) in [6, 6.07) is 7.85. The van der Waals surface area contributed by atoms with E-state index in [-0.39, 0.29) is 0 Å². The van der Waals surface area contributed by atoms with Crippen LogP contribution >= 0.6 is 11.6 Å². The van der Waals surface area contributed by atoms with E-state index in [1.54, 1.807) is 6.20 Å². The zero-order valence-electron chi connectivity index (χ0n) is 11.4. The smallest absolute Gasteiger partial charge is 0.244 e. The van der Waals surface area contributed by atoms with Gasteiger partial charge in [0.05, 0.1) is 6.20 Å². The van der Waals surface area contributed by atoms with Crippen LogP contribution in [0.1, 0.15) is 18.9 Å². The van der Waals surface area contributed by atoms with E-state index in [1.165, 1.54) is 5.56 Å². The summed E-state index contributed by atoms with van der Waals surface area (Å²) < 4.78 is 0. The molecule has 5 nitrogen and oxygen atoms in total. The molecule has 2 N–H and O–H groups in total. The molecule has 1 heterocycles. The van der Waals surface area contributed by atoms with Gasteiger partial charge in [-0.15, -0.1) is 5.10 Å². The molecule has 2 aromatic rings. The van der Waals surface area contributed by atoms with Gasteiger partial charge in [0.1, 0.15) is 0 Å². The van der Waals surface area contributed by atoms with Crippen LogP contribution in [0.2, 0.25) is 5.02 Å². The molecule has 0 aliphatic rings. The van der Waals surface area contributed by atoms with Gasteiger partial charge in [0, 0.05) is 18.1 Å². The molecule has 1 aromatic heterocycles. The maximum atomic E-state index is 5.95. The van der Waals surface area contributed by atoms with Crippen molar-refractivity contribution >= 4 is 23.4 Å². The fraction of sp³-hybridized carbons (Fsp3) is 0.357. The number of hydrogen-bond acceptors (Lipinski definition) is 5. The number of rotatable bonds is 7. The third-order valence-electron chi connectivity index (χ3n) is 2.70. The van der Waals surface area contributed by atoms with Crippen molar-refractivity contribution in [3.63, 3.8) is 0 Å². The summed E-state index contributed by atoms with van der Waals surface area (Å²) in [4.78, 5) is 4.34. The highest BCUT2D eigenvalue weighted by atomic mass is 35.5. The highest BCUT2D eigenvalue weighted by Gasteiger charge is 2.00. The van der Waals surface area contributed by atoms with Gasteiger partial charge in [-0.25, -0.2) is 0 Å². The first kappa shape index (κ1) is 14.5. The van der Waals surface area contributed by atoms with E-state index in [0.29, 0.717) is 5.95 Å². The lowest BCUT2D eigenvalue weighted by Gasteiger charge is -2.07. The van der Waals surface area contributed by atoms with E-state index < -0.39 is 0 Å². The molecule has 0 bridgehead atoms. The molecule has 0 spiro atoms. The predicted molar refractivity (Wildman–Crippen MR) is 82.3 cm³/mol. The Hall–Kier alpha value is -1.88. The molecule has 0 unspecified atom stereocenters. The predicted octanol–water partition coefficient (Wildman–Crippen LogP) is 3.00.